The number of nitrogens with two attached hydrogens (primary N) is 3. The van der Waals surface area contributed by atoms with Gasteiger partial charge < -0.3 is 126 Å². The van der Waals surface area contributed by atoms with E-state index in [-0.39, 0.29) is 119 Å². The van der Waals surface area contributed by atoms with Gasteiger partial charge in [0.2, 0.25) is 41.3 Å². The Labute approximate surface area is 826 Å². The number of phenols is 2. The van der Waals surface area contributed by atoms with E-state index >= 15 is 0 Å². The third-order valence-corrected chi connectivity index (χ3v) is 27.1. The number of nitrogen functional groups attached to an aromatic ring is 2. The highest BCUT2D eigenvalue weighted by Crippen LogP contribution is 2.44. The van der Waals surface area contributed by atoms with E-state index in [9.17, 15) is 49.2 Å². The summed E-state index contributed by atoms with van der Waals surface area (Å²) in [5.41, 5.74) is 31.1. The Morgan fingerprint density at radius 3 is 1.23 bits per heavy atom. The van der Waals surface area contributed by atoms with Gasteiger partial charge in [-0.15, -0.1) is 43.1 Å². The van der Waals surface area contributed by atoms with E-state index in [1.165, 1.54) is 9.80 Å². The van der Waals surface area contributed by atoms with Crippen LogP contribution in [0, 0.1) is 24.7 Å². The first kappa shape index (κ1) is 104. The number of ether oxygens (including phenoxy) is 8. The molecule has 10 atom stereocenters. The molecule has 4 aromatic carbocycles. The van der Waals surface area contributed by atoms with Crippen molar-refractivity contribution in [2.75, 3.05) is 163 Å². The largest absolute Gasteiger partial charge is 0.507 e. The van der Waals surface area contributed by atoms with Crippen LogP contribution < -0.4 is 62.2 Å². The van der Waals surface area contributed by atoms with Crippen LogP contribution in [0.4, 0.5) is 34.6 Å². The molecule has 4 bridgehead atoms. The minimum absolute atomic E-state index is 0.0199. The molecule has 752 valence electrons. The number of fused-ring (bicyclic) bond motifs is 4. The van der Waals surface area contributed by atoms with Crippen molar-refractivity contribution < 1.29 is 92.2 Å². The van der Waals surface area contributed by atoms with Crippen LogP contribution in [-0.2, 0) is 70.3 Å². The molecule has 6 fully saturated rings. The van der Waals surface area contributed by atoms with Gasteiger partial charge in [-0.05, 0) is 108 Å². The number of β-amino-alcohol motifs (C(OH)–C–C–N with tert-alkyl or cyclic N) is 2. The average molecular weight is 1980 g/mol. The first-order valence-corrected chi connectivity index (χ1v) is 48.9. The number of hydrogen-bond acceptors (Lipinski definition) is 35. The minimum Gasteiger partial charge on any atom is -0.507 e. The van der Waals surface area contributed by atoms with E-state index in [0.29, 0.717) is 112 Å². The predicted octanol–water partition coefficient (Wildman–Crippen LogP) is 7.84. The van der Waals surface area contributed by atoms with Crippen molar-refractivity contribution in [2.45, 2.75) is 155 Å². The van der Waals surface area contributed by atoms with Gasteiger partial charge in [-0.3, -0.25) is 24.0 Å². The summed E-state index contributed by atoms with van der Waals surface area (Å²) in [5, 5.41) is 75.2. The van der Waals surface area contributed by atoms with Gasteiger partial charge in [-0.1, -0.05) is 126 Å². The third-order valence-electron chi connectivity index (χ3n) is 25.2. The van der Waals surface area contributed by atoms with E-state index < -0.39 is 65.0 Å². The number of aromatic hydroxyl groups is 2. The van der Waals surface area contributed by atoms with E-state index in [1.807, 2.05) is 182 Å². The Morgan fingerprint density at radius 1 is 0.461 bits per heavy atom. The molecule has 0 saturated carbocycles. The SMILES string of the molecule is Cc1ncsc1-c1ccc(CNC(=O)[C@@H]2C[C@@H](O)CN2C(=O)[C@@H](N)C(C)(C)C)cc1.Cc1ncsc1-c1ccc(CNC(=O)[C@@H]2C[C@@H](O)CN2C(=O)[C@@H](NC(=O)COCCOCCOCCOc2cccc(N3C[C@H]4C[C@@H]3CN4c3cc(-c4ccccc4O)nnc3N)n2)C(C)(C)C)cc1.Nc1nnc(-c2ccccc2O)cc1N1C[C@H]2C[C@@H]1CN2c1cccc(OCCOCCOCCOCC(=O)O)n1. The molecule has 0 spiro atoms. The average Bonchev–Trinajstić information content (AvgIpc) is 1.61. The van der Waals surface area contributed by atoms with Gasteiger partial charge >= 0.3 is 5.97 Å². The zero-order valence-electron chi connectivity index (χ0n) is 80.4. The van der Waals surface area contributed by atoms with Crippen molar-refractivity contribution >= 4 is 92.8 Å². The maximum Gasteiger partial charge on any atom is 0.329 e. The molecule has 6 aliphatic heterocycles. The van der Waals surface area contributed by atoms with Crippen LogP contribution in [0.15, 0.2) is 157 Å². The second-order valence-corrected chi connectivity index (χ2v) is 39.1. The summed E-state index contributed by atoms with van der Waals surface area (Å²) in [6.07, 6.45) is 0.636. The molecule has 6 aromatic heterocycles. The summed E-state index contributed by atoms with van der Waals surface area (Å²) in [6.45, 7) is 21.9. The number of carboxylic acid groups (broad SMARTS) is 1. The lowest BCUT2D eigenvalue weighted by Crippen LogP contribution is -2.58. The number of rotatable bonds is 41. The number of likely N-dealkylation sites (tertiary alicyclic amines) is 2. The van der Waals surface area contributed by atoms with Crippen molar-refractivity contribution in [2.24, 2.45) is 16.6 Å². The van der Waals surface area contributed by atoms with Gasteiger partial charge in [0.15, 0.2) is 11.6 Å². The van der Waals surface area contributed by atoms with Crippen LogP contribution in [0.1, 0.15) is 89.7 Å². The maximum absolute atomic E-state index is 14.0. The number of phenolic OH excluding ortho intramolecular Hbond substituents is 2. The maximum atomic E-state index is 14.0. The molecule has 16 rings (SSSR count). The Kier molecular flexibility index (Phi) is 35.7. The van der Waals surface area contributed by atoms with Crippen LogP contribution in [0.25, 0.3) is 43.4 Å². The third kappa shape index (κ3) is 27.5. The fraction of sp³-hybridized carbons (Fsp3) is 0.460. The number of benzene rings is 4. The number of nitrogens with zero attached hydrogens (tertiary/aromatic N) is 14. The predicted molar refractivity (Wildman–Crippen MR) is 532 cm³/mol. The molecule has 141 heavy (non-hydrogen) atoms. The fourth-order valence-electron chi connectivity index (χ4n) is 17.8. The number of aliphatic hydroxyl groups excluding tert-OH is 2. The summed E-state index contributed by atoms with van der Waals surface area (Å²) in [4.78, 5) is 109. The molecule has 39 nitrogen and oxygen atoms in total. The lowest BCUT2D eigenvalue weighted by molar-refractivity contribution is -0.144. The van der Waals surface area contributed by atoms with Gasteiger partial charge in [0.05, 0.1) is 151 Å². The number of pyridine rings is 2. The Balaban J connectivity index is 0.000000187. The number of aliphatic hydroxyl groups is 2. The van der Waals surface area contributed by atoms with Gasteiger partial charge in [0.1, 0.15) is 67.7 Å². The molecule has 10 aromatic rings. The molecular formula is C100H126N20O19S2. The highest BCUT2D eigenvalue weighted by molar-refractivity contribution is 7.13. The first-order valence-electron chi connectivity index (χ1n) is 47.1. The highest BCUT2D eigenvalue weighted by atomic mass is 32.1. The summed E-state index contributed by atoms with van der Waals surface area (Å²) in [7, 11) is 0. The van der Waals surface area contributed by atoms with Gasteiger partial charge in [0, 0.05) is 101 Å². The lowest BCUT2D eigenvalue weighted by Gasteiger charge is -2.36. The molecule has 0 aliphatic carbocycles. The number of piperazine rings is 2. The molecule has 0 unspecified atom stereocenters. The van der Waals surface area contributed by atoms with Crippen LogP contribution >= 0.6 is 22.7 Å². The summed E-state index contributed by atoms with van der Waals surface area (Å²) < 4.78 is 44.3. The molecule has 12 heterocycles. The van der Waals surface area contributed by atoms with Gasteiger partial charge in [-0.2, -0.15) is 9.97 Å². The number of anilines is 6. The van der Waals surface area contributed by atoms with Crippen LogP contribution in [-0.4, -0.2) is 303 Å². The monoisotopic (exact) mass is 1970 g/mol. The van der Waals surface area contributed by atoms with E-state index in [2.05, 4.69) is 65.9 Å². The summed E-state index contributed by atoms with van der Waals surface area (Å²) in [6, 6.07) is 42.9. The number of aliphatic carboxylic acids is 1. The lowest BCUT2D eigenvalue weighted by atomic mass is 9.85. The molecule has 41 heteroatoms. The Morgan fingerprint density at radius 2 is 0.851 bits per heavy atom. The summed E-state index contributed by atoms with van der Waals surface area (Å²) >= 11 is 3.17. The normalized spacial score (nSPS) is 19.0. The number of aryl methyl sites for hydroxylation is 2. The van der Waals surface area contributed by atoms with Crippen LogP contribution in [0.5, 0.6) is 23.3 Å². The molecule has 6 aliphatic rings. The van der Waals surface area contributed by atoms with Crippen molar-refractivity contribution in [3.63, 3.8) is 0 Å². The summed E-state index contributed by atoms with van der Waals surface area (Å²) in [5.74, 6) is 0.868. The Bertz CT molecular complexity index is 5880. The highest BCUT2D eigenvalue weighted by Gasteiger charge is 2.49. The first-order chi connectivity index (χ1) is 67.8. The quantitative estimate of drug-likeness (QED) is 0.0162. The number of amides is 5. The number of hydrogen-bond donors (Lipinski definition) is 11. The number of carboxylic acids is 1. The molecule has 14 N–H and O–H groups in total. The van der Waals surface area contributed by atoms with Crippen molar-refractivity contribution in [3.05, 3.63) is 179 Å². The number of para-hydroxylation sites is 2. The Hall–Kier alpha value is -12.9. The van der Waals surface area contributed by atoms with Crippen LogP contribution in [0.3, 0.4) is 0 Å². The number of aromatic nitrogens is 8. The van der Waals surface area contributed by atoms with Crippen molar-refractivity contribution in [3.8, 4) is 66.7 Å². The minimum atomic E-state index is -1.00. The van der Waals surface area contributed by atoms with Crippen molar-refractivity contribution in [1.82, 2.24) is 66.1 Å². The standard InChI is InChI=1S/C50H62N10O9S.C28H34N6O7.C22H30N4O3S/c1-31-45(70-30-53-31)33-14-12-32(13-15-33)25-52-48(64)40-23-36(61)28-60(40)49(65)46(50(2,3)4)55-43(63)29-68-19-18-66-16-17-67-20-21-69-44-11-7-10-42(54-44)59-27-34-22-35(59)26-58(34)39-24-38(56-57-47(39)51)37-8-5-6-9-41(37)62;29-28-23(15-22(31-32-28)21-4-1-2-5-24(21)35)33-16-20-14-19(33)17-34(20)25-6-3-7-26(30-25)41-13-12-39-9-8-38-10-11-40-18-27(36)37;1-13-18(30-12-25-13)15-7-5-14(6-8-15)10-24-20(28)17-9-16(27)11-26(17)21(29)19(23)22(2,3)4/h5-15,24,30,34-36,40,46,61-62H,16-23,25-29H2,1-4H3,(H2,51,57)(H,52,64)(H,55,63);1-7,15,19-20,35H,8-14,16-18H2,(H2,29,32)(H,36,37);5-8,12,16-17,19,27H,9-11,23H2,1-4H3,(H,24,28)/t34-,35-,36-,40+,46-;19-,20-;16-,17+,19-/m111/s1. The van der Waals surface area contributed by atoms with E-state index in [1.54, 1.807) is 53.0 Å². The molecule has 5 amide bonds. The zero-order chi connectivity index (χ0) is 100. The number of nitrogens with one attached hydrogen (secondary N) is 3. The second-order valence-electron chi connectivity index (χ2n) is 37.4. The number of carbonyl (C=O) groups excluding carboxylic acids is 5. The zero-order valence-corrected chi connectivity index (χ0v) is 82.1. The topological polar surface area (TPSA) is 514 Å². The molecular weight excluding hydrogens is 1850 g/mol. The second kappa shape index (κ2) is 48.5. The number of carbonyl (C=O) groups is 6. The van der Waals surface area contributed by atoms with Gasteiger partial charge in [0.25, 0.3) is 0 Å². The van der Waals surface area contributed by atoms with E-state index in [4.69, 9.17) is 70.2 Å². The molecule has 6 saturated heterocycles. The fourth-order valence-corrected chi connectivity index (χ4v) is 19.4. The van der Waals surface area contributed by atoms with Crippen LogP contribution in [0.2, 0.25) is 0 Å². The molecule has 0 radical (unpaired) electrons. The van der Waals surface area contributed by atoms with Crippen molar-refractivity contribution in [1.29, 1.82) is 0 Å². The number of thiazole rings is 2. The van der Waals surface area contributed by atoms with Gasteiger partial charge in [-0.25, -0.2) is 14.8 Å². The smallest absolute Gasteiger partial charge is 0.329 e. The van der Waals surface area contributed by atoms with E-state index in [0.717, 1.165) is 105 Å².